The second-order valence-corrected chi connectivity index (χ2v) is 9.73. The van der Waals surface area contributed by atoms with E-state index >= 15 is 0 Å². The molecule has 0 heterocycles. The van der Waals surface area contributed by atoms with E-state index in [0.29, 0.717) is 23.5 Å². The van der Waals surface area contributed by atoms with Crippen molar-refractivity contribution in [3.05, 3.63) is 71.3 Å². The van der Waals surface area contributed by atoms with Crippen LogP contribution in [0.25, 0.3) is 10.8 Å². The first-order valence-electron chi connectivity index (χ1n) is 10.2. The van der Waals surface area contributed by atoms with Crippen LogP contribution in [0.4, 0.5) is 0 Å². The Balaban J connectivity index is 1.45. The molecule has 1 saturated carbocycles. The summed E-state index contributed by atoms with van der Waals surface area (Å²) in [6, 6.07) is 16.3. The van der Waals surface area contributed by atoms with E-state index in [1.165, 1.54) is 30.9 Å². The molecule has 5 rings (SSSR count). The van der Waals surface area contributed by atoms with Crippen molar-refractivity contribution in [2.45, 2.75) is 42.4 Å². The second-order valence-electron chi connectivity index (χ2n) is 8.08. The molecule has 0 aliphatic heterocycles. The lowest BCUT2D eigenvalue weighted by atomic mass is 9.68. The van der Waals surface area contributed by atoms with Crippen LogP contribution in [0.5, 0.6) is 5.75 Å². The van der Waals surface area contributed by atoms with Crippen LogP contribution in [0.1, 0.15) is 47.8 Å². The molecule has 154 valence electrons. The van der Waals surface area contributed by atoms with Crippen molar-refractivity contribution in [2.75, 3.05) is 7.11 Å². The molecule has 2 aliphatic rings. The van der Waals surface area contributed by atoms with Crippen molar-refractivity contribution in [1.29, 1.82) is 0 Å². The van der Waals surface area contributed by atoms with Crippen molar-refractivity contribution in [1.82, 2.24) is 4.72 Å². The van der Waals surface area contributed by atoms with Gasteiger partial charge in [-0.25, -0.2) is 13.1 Å². The highest BCUT2D eigenvalue weighted by Crippen LogP contribution is 2.49. The zero-order chi connectivity index (χ0) is 20.9. The van der Waals surface area contributed by atoms with Crippen LogP contribution < -0.4 is 9.46 Å². The third-order valence-electron chi connectivity index (χ3n) is 6.47. The van der Waals surface area contributed by atoms with Crippen LogP contribution in [0.3, 0.4) is 0 Å². The molecular formula is C24H23NO4S. The lowest BCUT2D eigenvalue weighted by Crippen LogP contribution is -2.40. The average molecular weight is 422 g/mol. The fraction of sp³-hybridized carbons (Fsp3) is 0.292. The Morgan fingerprint density at radius 1 is 1.03 bits per heavy atom. The number of hydrogen-bond donors (Lipinski definition) is 1. The molecule has 0 saturated heterocycles. The fourth-order valence-corrected chi connectivity index (χ4v) is 5.89. The predicted molar refractivity (Wildman–Crippen MR) is 115 cm³/mol. The van der Waals surface area contributed by atoms with E-state index in [-0.39, 0.29) is 4.90 Å². The molecule has 0 aromatic heterocycles. The van der Waals surface area contributed by atoms with Crippen LogP contribution in [0.2, 0.25) is 0 Å². The van der Waals surface area contributed by atoms with Crippen molar-refractivity contribution in [3.63, 3.8) is 0 Å². The Hall–Kier alpha value is -2.86. The summed E-state index contributed by atoms with van der Waals surface area (Å²) in [6.07, 6.45) is 4.13. The number of fused-ring (bicyclic) bond motifs is 2. The number of nitrogens with one attached hydrogen (secondary N) is 1. The van der Waals surface area contributed by atoms with E-state index in [9.17, 15) is 13.2 Å². The standard InChI is InChI=1S/C24H23NO4S/c1-29-21-13-12-17(15-7-4-8-15)19-14-20(23(19)21)24(26)25-30(27,28)22-11-5-9-16-6-2-3-10-18(16)22/h2-3,5-6,9-13,15,20H,4,7-8,14H2,1H3,(H,25,26). The van der Waals surface area contributed by atoms with Crippen molar-refractivity contribution >= 4 is 26.7 Å². The number of hydrogen-bond acceptors (Lipinski definition) is 4. The third kappa shape index (κ3) is 2.98. The number of benzene rings is 3. The average Bonchev–Trinajstić information content (AvgIpc) is 2.67. The predicted octanol–water partition coefficient (Wildman–Crippen LogP) is 4.26. The topological polar surface area (TPSA) is 72.5 Å². The lowest BCUT2D eigenvalue weighted by molar-refractivity contribution is -0.121. The van der Waals surface area contributed by atoms with E-state index in [1.807, 2.05) is 24.3 Å². The van der Waals surface area contributed by atoms with E-state index in [2.05, 4.69) is 10.8 Å². The van der Waals surface area contributed by atoms with Gasteiger partial charge in [0.25, 0.3) is 10.0 Å². The van der Waals surface area contributed by atoms with Gasteiger partial charge < -0.3 is 4.74 Å². The molecule has 1 fully saturated rings. The van der Waals surface area contributed by atoms with E-state index < -0.39 is 21.8 Å². The lowest BCUT2D eigenvalue weighted by Gasteiger charge is -2.37. The number of rotatable bonds is 5. The SMILES string of the molecule is COc1ccc(C2CCC2)c2c1C(C(=O)NS(=O)(=O)c1cccc3ccccc13)C2. The van der Waals surface area contributed by atoms with Gasteiger partial charge in [-0.1, -0.05) is 48.9 Å². The number of amides is 1. The van der Waals surface area contributed by atoms with Crippen LogP contribution in [-0.4, -0.2) is 21.4 Å². The molecule has 5 nitrogen and oxygen atoms in total. The molecular weight excluding hydrogens is 398 g/mol. The normalized spacial score (nSPS) is 18.2. The number of sulfonamides is 1. The summed E-state index contributed by atoms with van der Waals surface area (Å²) < 4.78 is 33.9. The Morgan fingerprint density at radius 3 is 2.53 bits per heavy atom. The molecule has 1 N–H and O–H groups in total. The molecule has 0 spiro atoms. The summed E-state index contributed by atoms with van der Waals surface area (Å²) >= 11 is 0. The number of carbonyl (C=O) groups excluding carboxylic acids is 1. The molecule has 0 radical (unpaired) electrons. The first-order chi connectivity index (χ1) is 14.5. The molecule has 0 bridgehead atoms. The molecule has 2 aliphatic carbocycles. The molecule has 1 atom stereocenters. The highest BCUT2D eigenvalue weighted by atomic mass is 32.2. The largest absolute Gasteiger partial charge is 0.496 e. The Morgan fingerprint density at radius 2 is 1.80 bits per heavy atom. The number of methoxy groups -OCH3 is 1. The minimum Gasteiger partial charge on any atom is -0.496 e. The summed E-state index contributed by atoms with van der Waals surface area (Å²) in [6.45, 7) is 0. The number of ether oxygens (including phenoxy) is 1. The highest BCUT2D eigenvalue weighted by Gasteiger charge is 2.40. The minimum absolute atomic E-state index is 0.115. The Kier molecular flexibility index (Phi) is 4.54. The Labute approximate surface area is 176 Å². The molecule has 1 unspecified atom stereocenters. The molecule has 1 amide bonds. The van der Waals surface area contributed by atoms with E-state index in [1.54, 1.807) is 25.3 Å². The van der Waals surface area contributed by atoms with Gasteiger partial charge in [-0.15, -0.1) is 0 Å². The van der Waals surface area contributed by atoms with Gasteiger partial charge in [-0.3, -0.25) is 4.79 Å². The van der Waals surface area contributed by atoms with Crippen molar-refractivity contribution in [3.8, 4) is 5.75 Å². The van der Waals surface area contributed by atoms with Crippen LogP contribution >= 0.6 is 0 Å². The summed E-state index contributed by atoms with van der Waals surface area (Å²) in [5, 5.41) is 1.41. The maximum absolute atomic E-state index is 13.0. The molecule has 3 aromatic carbocycles. The van der Waals surface area contributed by atoms with Gasteiger partial charge in [-0.05, 0) is 53.8 Å². The zero-order valence-corrected chi connectivity index (χ0v) is 17.5. The monoisotopic (exact) mass is 421 g/mol. The molecule has 6 heteroatoms. The third-order valence-corrected chi connectivity index (χ3v) is 7.87. The summed E-state index contributed by atoms with van der Waals surface area (Å²) in [5.41, 5.74) is 3.28. The molecule has 3 aromatic rings. The maximum atomic E-state index is 13.0. The van der Waals surface area contributed by atoms with Gasteiger partial charge in [0.1, 0.15) is 5.75 Å². The smallest absolute Gasteiger partial charge is 0.264 e. The number of carbonyl (C=O) groups is 1. The van der Waals surface area contributed by atoms with E-state index in [0.717, 1.165) is 16.5 Å². The van der Waals surface area contributed by atoms with Gasteiger partial charge in [0.05, 0.1) is 17.9 Å². The van der Waals surface area contributed by atoms with Crippen LogP contribution in [0.15, 0.2) is 59.5 Å². The van der Waals surface area contributed by atoms with Gasteiger partial charge in [0, 0.05) is 10.9 Å². The summed E-state index contributed by atoms with van der Waals surface area (Å²) in [4.78, 5) is 13.1. The van der Waals surface area contributed by atoms with Crippen LogP contribution in [-0.2, 0) is 21.2 Å². The summed E-state index contributed by atoms with van der Waals surface area (Å²) in [7, 11) is -2.41. The van der Waals surface area contributed by atoms with Crippen LogP contribution in [0, 0.1) is 0 Å². The minimum atomic E-state index is -3.99. The zero-order valence-electron chi connectivity index (χ0n) is 16.7. The van der Waals surface area contributed by atoms with Gasteiger partial charge in [0.15, 0.2) is 0 Å². The van der Waals surface area contributed by atoms with Gasteiger partial charge in [0.2, 0.25) is 5.91 Å². The van der Waals surface area contributed by atoms with Gasteiger partial charge >= 0.3 is 0 Å². The highest BCUT2D eigenvalue weighted by molar-refractivity contribution is 7.90. The second kappa shape index (κ2) is 7.13. The van der Waals surface area contributed by atoms with E-state index in [4.69, 9.17) is 4.74 Å². The Bertz CT molecular complexity index is 1260. The quantitative estimate of drug-likeness (QED) is 0.668. The maximum Gasteiger partial charge on any atom is 0.264 e. The van der Waals surface area contributed by atoms with Crippen molar-refractivity contribution < 1.29 is 17.9 Å². The first-order valence-corrected chi connectivity index (χ1v) is 11.7. The van der Waals surface area contributed by atoms with Crippen molar-refractivity contribution in [2.24, 2.45) is 0 Å². The van der Waals surface area contributed by atoms with Gasteiger partial charge in [-0.2, -0.15) is 0 Å². The fourth-order valence-electron chi connectivity index (χ4n) is 4.64. The first kappa shape index (κ1) is 19.1. The molecule has 30 heavy (non-hydrogen) atoms. The summed E-state index contributed by atoms with van der Waals surface area (Å²) in [5.74, 6) is 0.189.